The normalized spacial score (nSPS) is 12.3. The Morgan fingerprint density at radius 3 is 1.33 bits per heavy atom. The Hall–Kier alpha value is -5.40. The fourth-order valence-corrected chi connectivity index (χ4v) is 7.85. The van der Waals surface area contributed by atoms with Gasteiger partial charge in [0, 0.05) is 78.1 Å². The van der Waals surface area contributed by atoms with Crippen LogP contribution in [0.1, 0.15) is 120 Å². The summed E-state index contributed by atoms with van der Waals surface area (Å²) in [4.78, 5) is 84.2. The molecule has 0 unspecified atom stereocenters. The monoisotopic (exact) mass is 953 g/mol. The number of thioether (sulfide) groups is 1. The van der Waals surface area contributed by atoms with Gasteiger partial charge in [-0.25, -0.2) is 0 Å². The molecule has 1 aliphatic rings. The zero-order chi connectivity index (χ0) is 48.0. The molecular weight excluding hydrogens is 887 g/mol. The Morgan fingerprint density at radius 1 is 0.591 bits per heavy atom. The molecule has 19 heteroatoms. The van der Waals surface area contributed by atoms with Crippen molar-refractivity contribution in [2.45, 2.75) is 79.1 Å². The molecule has 17 nitrogen and oxygen atoms in total. The maximum absolute atomic E-state index is 14.1. The zero-order valence-electron chi connectivity index (χ0n) is 39.3. The van der Waals surface area contributed by atoms with E-state index in [2.05, 4.69) is 16.0 Å². The number of aromatic nitrogens is 2. The van der Waals surface area contributed by atoms with E-state index in [1.165, 1.54) is 33.3 Å². The molecule has 362 valence electrons. The highest BCUT2D eigenvalue weighted by atomic mass is 32.2. The minimum atomic E-state index is -0.484. The molecule has 4 amide bonds. The van der Waals surface area contributed by atoms with Gasteiger partial charge in [0.2, 0.25) is 0 Å². The summed E-state index contributed by atoms with van der Waals surface area (Å²) in [6, 6.07) is 6.24. The highest BCUT2D eigenvalue weighted by molar-refractivity contribution is 8.23. The quantitative estimate of drug-likeness (QED) is 0.0611. The summed E-state index contributed by atoms with van der Waals surface area (Å²) in [5, 5.41) is 8.76. The number of carbonyl (C=O) groups is 4. The van der Waals surface area contributed by atoms with Crippen molar-refractivity contribution in [2.75, 3.05) is 78.0 Å². The smallest absolute Gasteiger partial charge is 0.293 e. The highest BCUT2D eigenvalue weighted by Gasteiger charge is 2.31. The van der Waals surface area contributed by atoms with Crippen LogP contribution in [0, 0.1) is 0 Å². The number of amides is 4. The number of benzene rings is 1. The van der Waals surface area contributed by atoms with Crippen molar-refractivity contribution < 1.29 is 38.1 Å². The first-order chi connectivity index (χ1) is 31.9. The molecule has 0 spiro atoms. The fraction of sp³-hybridized carbons (Fsp3) is 0.553. The van der Waals surface area contributed by atoms with Gasteiger partial charge in [-0.15, -0.1) is 0 Å². The molecule has 0 radical (unpaired) electrons. The molecule has 1 fully saturated rings. The molecule has 1 aromatic carbocycles. The lowest BCUT2D eigenvalue weighted by atomic mass is 10.1. The number of nitrogens with one attached hydrogen (secondary N) is 3. The second kappa shape index (κ2) is 27.9. The Balaban J connectivity index is 1.54. The lowest BCUT2D eigenvalue weighted by Crippen LogP contribution is -2.43. The van der Waals surface area contributed by atoms with Crippen LogP contribution < -0.4 is 46.0 Å². The van der Waals surface area contributed by atoms with Gasteiger partial charge in [-0.2, -0.15) is 0 Å². The molecule has 1 saturated heterocycles. The lowest BCUT2D eigenvalue weighted by molar-refractivity contribution is 0.0851. The predicted octanol–water partition coefficient (Wildman–Crippen LogP) is 5.17. The van der Waals surface area contributed by atoms with E-state index in [0.29, 0.717) is 81.9 Å². The number of hydrogen-bond donors (Lipinski definition) is 3. The molecule has 3 N–H and O–H groups in total. The number of nitrogens with zero attached hydrogens (tertiary/aromatic N) is 4. The Labute approximate surface area is 397 Å². The molecule has 0 atom stereocenters. The molecule has 0 bridgehead atoms. The molecule has 0 saturated carbocycles. The van der Waals surface area contributed by atoms with E-state index in [9.17, 15) is 28.8 Å². The number of hydrogen-bond acceptors (Lipinski definition) is 13. The van der Waals surface area contributed by atoms with Gasteiger partial charge in [0.1, 0.15) is 4.32 Å². The summed E-state index contributed by atoms with van der Waals surface area (Å²) in [5.41, 5.74) is -0.129. The molecular formula is C47H67N7O10S2. The van der Waals surface area contributed by atoms with Crippen LogP contribution in [0.4, 0.5) is 0 Å². The number of aryl methyl sites for hydroxylation is 2. The van der Waals surface area contributed by atoms with E-state index in [-0.39, 0.29) is 70.8 Å². The maximum atomic E-state index is 14.1. The second-order valence-corrected chi connectivity index (χ2v) is 17.5. The third-order valence-corrected chi connectivity index (χ3v) is 12.1. The average Bonchev–Trinajstić information content (AvgIpc) is 3.74. The third-order valence-electron chi connectivity index (χ3n) is 10.6. The first-order valence-corrected chi connectivity index (χ1v) is 24.4. The maximum Gasteiger partial charge on any atom is 0.293 e. The first-order valence-electron chi connectivity index (χ1n) is 23.0. The van der Waals surface area contributed by atoms with E-state index in [4.69, 9.17) is 31.2 Å². The van der Waals surface area contributed by atoms with Crippen LogP contribution >= 0.6 is 24.0 Å². The van der Waals surface area contributed by atoms with Gasteiger partial charge in [0.05, 0.1) is 48.7 Å². The van der Waals surface area contributed by atoms with Gasteiger partial charge < -0.3 is 44.0 Å². The summed E-state index contributed by atoms with van der Waals surface area (Å²) in [6.45, 7) is 11.0. The Kier molecular flexibility index (Phi) is 22.5. The lowest BCUT2D eigenvalue weighted by Gasteiger charge is -2.24. The van der Waals surface area contributed by atoms with Crippen LogP contribution in [0.15, 0.2) is 46.2 Å². The summed E-state index contributed by atoms with van der Waals surface area (Å²) in [5.74, 6) is -0.686. The molecule has 3 heterocycles. The topological polar surface area (TPSA) is 192 Å². The van der Waals surface area contributed by atoms with Crippen molar-refractivity contribution in [1.29, 1.82) is 0 Å². The Morgan fingerprint density at radius 2 is 0.955 bits per heavy atom. The van der Waals surface area contributed by atoms with E-state index < -0.39 is 28.8 Å². The number of rotatable bonds is 29. The third kappa shape index (κ3) is 15.1. The molecule has 66 heavy (non-hydrogen) atoms. The zero-order valence-corrected chi connectivity index (χ0v) is 40.9. The first kappa shape index (κ1) is 53.2. The van der Waals surface area contributed by atoms with Gasteiger partial charge in [0.15, 0.2) is 23.0 Å². The summed E-state index contributed by atoms with van der Waals surface area (Å²) in [7, 11) is 3.18. The van der Waals surface area contributed by atoms with Crippen molar-refractivity contribution in [3.05, 3.63) is 79.6 Å². The fourth-order valence-electron chi connectivity index (χ4n) is 6.64. The molecule has 1 aliphatic heterocycles. The summed E-state index contributed by atoms with van der Waals surface area (Å²) in [6.07, 6.45) is 9.30. The SMILES string of the molecule is CCCCOc1c(C(=O)NCCN(CCNC(=O)c2ccn(C)c(=O)c2OCCCC)CCNC(=O)c2ccn(C)c(=O)c2OCCCC)ccc(C(=O)N2CCSC2=S)c1OCCCC. The standard InChI is InChI=1S/C47H67N7O10S2/c1-7-11-28-61-37-33(15-16-36(38(37)62-29-12-8-2)44(58)54-27-32-66-47(54)65)41(55)48-19-24-53(25-20-49-42(56)34-17-22-51(5)45(59)39(34)63-30-13-9-3)26-21-50-43(57)35-18-23-52(6)46(60)40(35)64-31-14-10-4/h15-18,22-23H,7-14,19-21,24-32H2,1-6H3,(H,48,55)(H,49,56)(H,50,57). The van der Waals surface area contributed by atoms with Crippen molar-refractivity contribution in [1.82, 2.24) is 34.9 Å². The number of thiocarbonyl (C=S) groups is 1. The predicted molar refractivity (Wildman–Crippen MR) is 261 cm³/mol. The molecule has 4 rings (SSSR count). The van der Waals surface area contributed by atoms with Gasteiger partial charge >= 0.3 is 0 Å². The highest BCUT2D eigenvalue weighted by Crippen LogP contribution is 2.37. The van der Waals surface area contributed by atoms with Crippen LogP contribution in [0.2, 0.25) is 0 Å². The molecule has 3 aromatic rings. The van der Waals surface area contributed by atoms with E-state index in [1.807, 2.05) is 32.6 Å². The molecule has 0 aliphatic carbocycles. The van der Waals surface area contributed by atoms with E-state index >= 15 is 0 Å². The van der Waals surface area contributed by atoms with Gasteiger partial charge in [0.25, 0.3) is 34.7 Å². The van der Waals surface area contributed by atoms with Crippen molar-refractivity contribution in [3.63, 3.8) is 0 Å². The Bertz CT molecular complexity index is 2160. The number of carbonyl (C=O) groups excluding carboxylic acids is 4. The minimum absolute atomic E-state index is 0.0186. The van der Waals surface area contributed by atoms with E-state index in [1.54, 1.807) is 43.3 Å². The minimum Gasteiger partial charge on any atom is -0.489 e. The van der Waals surface area contributed by atoms with Crippen molar-refractivity contribution in [2.24, 2.45) is 14.1 Å². The second-order valence-electron chi connectivity index (χ2n) is 15.8. The van der Waals surface area contributed by atoms with Gasteiger partial charge in [-0.3, -0.25) is 38.6 Å². The van der Waals surface area contributed by atoms with Crippen LogP contribution in [-0.2, 0) is 14.1 Å². The van der Waals surface area contributed by atoms with Crippen LogP contribution in [0.5, 0.6) is 23.0 Å². The van der Waals surface area contributed by atoms with Crippen LogP contribution in [0.25, 0.3) is 0 Å². The number of unbranched alkanes of at least 4 members (excludes halogenated alkanes) is 4. The largest absolute Gasteiger partial charge is 0.489 e. The van der Waals surface area contributed by atoms with Crippen molar-refractivity contribution in [3.8, 4) is 23.0 Å². The average molecular weight is 954 g/mol. The van der Waals surface area contributed by atoms with E-state index in [0.717, 1.165) is 32.1 Å². The van der Waals surface area contributed by atoms with Crippen LogP contribution in [0.3, 0.4) is 0 Å². The van der Waals surface area contributed by atoms with Gasteiger partial charge in [-0.05, 0) is 49.9 Å². The van der Waals surface area contributed by atoms with Crippen LogP contribution in [-0.4, -0.2) is 125 Å². The number of ether oxygens (including phenoxy) is 4. The molecule has 2 aromatic heterocycles. The number of pyridine rings is 2. The van der Waals surface area contributed by atoms with Crippen molar-refractivity contribution >= 4 is 51.9 Å². The van der Waals surface area contributed by atoms with Gasteiger partial charge in [-0.1, -0.05) is 77.4 Å². The summed E-state index contributed by atoms with van der Waals surface area (Å²) < 4.78 is 27.2. The summed E-state index contributed by atoms with van der Waals surface area (Å²) >= 11 is 6.90.